The summed E-state index contributed by atoms with van der Waals surface area (Å²) in [6.07, 6.45) is 0.461. The predicted octanol–water partition coefficient (Wildman–Crippen LogP) is 3.80. The highest BCUT2D eigenvalue weighted by Gasteiger charge is 2.41. The van der Waals surface area contributed by atoms with E-state index in [2.05, 4.69) is 11.6 Å². The maximum Gasteiger partial charge on any atom is 0.416 e. The highest BCUT2D eigenvalue weighted by molar-refractivity contribution is 5.77. The minimum atomic E-state index is -4.37. The molecule has 0 N–H and O–H groups in total. The molecule has 2 saturated heterocycles. The monoisotopic (exact) mass is 367 g/mol. The zero-order chi connectivity index (χ0) is 18.9. The molecular weight excluding hydrogens is 343 g/mol. The first kappa shape index (κ1) is 18.7. The van der Waals surface area contributed by atoms with Gasteiger partial charge in [-0.1, -0.05) is 6.08 Å². The molecule has 0 atom stereocenters. The van der Waals surface area contributed by atoms with E-state index in [9.17, 15) is 18.0 Å². The van der Waals surface area contributed by atoms with Crippen molar-refractivity contribution in [3.8, 4) is 0 Å². The number of hydrogen-bond donors (Lipinski definition) is 0. The molecule has 3 rings (SSSR count). The quantitative estimate of drug-likeness (QED) is 0.763. The van der Waals surface area contributed by atoms with E-state index in [-0.39, 0.29) is 11.3 Å². The normalized spacial score (nSPS) is 20.5. The summed E-state index contributed by atoms with van der Waals surface area (Å²) in [6, 6.07) is 2.22. The highest BCUT2D eigenvalue weighted by atomic mass is 19.4. The first-order valence-electron chi connectivity index (χ1n) is 8.92. The number of piperidine rings is 2. The molecule has 4 nitrogen and oxygen atoms in total. The van der Waals surface area contributed by atoms with Gasteiger partial charge in [0.25, 0.3) is 0 Å². The lowest BCUT2D eigenvalue weighted by atomic mass is 9.72. The van der Waals surface area contributed by atoms with E-state index in [0.717, 1.165) is 31.4 Å². The smallest absolute Gasteiger partial charge is 0.357 e. The number of hydrogen-bond acceptors (Lipinski definition) is 3. The Morgan fingerprint density at radius 1 is 1.27 bits per heavy atom. The molecule has 0 saturated carbocycles. The fourth-order valence-electron chi connectivity index (χ4n) is 4.02. The van der Waals surface area contributed by atoms with Crippen LogP contribution in [0.1, 0.15) is 36.9 Å². The van der Waals surface area contributed by atoms with E-state index in [0.29, 0.717) is 44.1 Å². The Balaban J connectivity index is 1.72. The van der Waals surface area contributed by atoms with Gasteiger partial charge >= 0.3 is 6.18 Å². The van der Waals surface area contributed by atoms with Gasteiger partial charge in [-0.3, -0.25) is 4.79 Å². The molecular formula is C19H24F3N3O. The van der Waals surface area contributed by atoms with Gasteiger partial charge in [-0.2, -0.15) is 13.2 Å². The van der Waals surface area contributed by atoms with Crippen LogP contribution < -0.4 is 4.90 Å². The molecule has 0 aliphatic carbocycles. The lowest BCUT2D eigenvalue weighted by Gasteiger charge is -2.47. The lowest BCUT2D eigenvalue weighted by Crippen LogP contribution is -2.51. The Hall–Kier alpha value is -2.05. The van der Waals surface area contributed by atoms with Crippen LogP contribution in [0.4, 0.5) is 19.0 Å². The molecule has 2 fully saturated rings. The Morgan fingerprint density at radius 3 is 2.58 bits per heavy atom. The Labute approximate surface area is 151 Å². The standard InChI is InChI=1S/C19H24F3N3O/c1-3-8-25-13-18(5-4-17(25)26)6-9-24(10-7-18)16-12-15(19(20,21)22)11-14(2)23-16/h3,11-12H,1,4-10,13H2,2H3. The molecule has 0 radical (unpaired) electrons. The zero-order valence-corrected chi connectivity index (χ0v) is 15.0. The molecule has 2 aliphatic rings. The van der Waals surface area contributed by atoms with E-state index in [1.54, 1.807) is 13.0 Å². The fraction of sp³-hybridized carbons (Fsp3) is 0.579. The summed E-state index contributed by atoms with van der Waals surface area (Å²) in [5, 5.41) is 0. The summed E-state index contributed by atoms with van der Waals surface area (Å²) in [4.78, 5) is 20.1. The van der Waals surface area contributed by atoms with Crippen LogP contribution in [0.3, 0.4) is 0 Å². The topological polar surface area (TPSA) is 36.4 Å². The number of carbonyl (C=O) groups is 1. The van der Waals surface area contributed by atoms with Crippen molar-refractivity contribution in [2.45, 2.75) is 38.8 Å². The molecule has 1 aromatic heterocycles. The van der Waals surface area contributed by atoms with Crippen LogP contribution in [0.25, 0.3) is 0 Å². The Morgan fingerprint density at radius 2 is 1.96 bits per heavy atom. The van der Waals surface area contributed by atoms with Gasteiger partial charge in [0.2, 0.25) is 5.91 Å². The number of aryl methyl sites for hydroxylation is 1. The van der Waals surface area contributed by atoms with Gasteiger partial charge in [-0.15, -0.1) is 6.58 Å². The van der Waals surface area contributed by atoms with E-state index in [4.69, 9.17) is 0 Å². The third kappa shape index (κ3) is 3.86. The molecule has 142 valence electrons. The summed E-state index contributed by atoms with van der Waals surface area (Å²) < 4.78 is 39.2. The number of aromatic nitrogens is 1. The summed E-state index contributed by atoms with van der Waals surface area (Å²) in [5.41, 5.74) is -0.222. The predicted molar refractivity (Wildman–Crippen MR) is 93.9 cm³/mol. The molecule has 0 aromatic carbocycles. The summed E-state index contributed by atoms with van der Waals surface area (Å²) in [7, 11) is 0. The second-order valence-electron chi connectivity index (χ2n) is 7.40. The third-order valence-electron chi connectivity index (χ3n) is 5.51. The molecule has 26 heavy (non-hydrogen) atoms. The van der Waals surface area contributed by atoms with Crippen molar-refractivity contribution < 1.29 is 18.0 Å². The van der Waals surface area contributed by atoms with Crippen molar-refractivity contribution in [1.82, 2.24) is 9.88 Å². The molecule has 0 bridgehead atoms. The zero-order valence-electron chi connectivity index (χ0n) is 15.0. The summed E-state index contributed by atoms with van der Waals surface area (Å²) in [5.74, 6) is 0.551. The van der Waals surface area contributed by atoms with Crippen LogP contribution >= 0.6 is 0 Å². The number of alkyl halides is 3. The van der Waals surface area contributed by atoms with E-state index in [1.807, 2.05) is 9.80 Å². The maximum absolute atomic E-state index is 13.1. The lowest BCUT2D eigenvalue weighted by molar-refractivity contribution is -0.138. The minimum absolute atomic E-state index is 0.0596. The van der Waals surface area contributed by atoms with Crippen LogP contribution in [0.5, 0.6) is 0 Å². The van der Waals surface area contributed by atoms with Crippen LogP contribution in [0.2, 0.25) is 0 Å². The van der Waals surface area contributed by atoms with Crippen molar-refractivity contribution in [2.75, 3.05) is 31.1 Å². The minimum Gasteiger partial charge on any atom is -0.357 e. The number of carbonyl (C=O) groups excluding carboxylic acids is 1. The van der Waals surface area contributed by atoms with Crippen LogP contribution in [0.15, 0.2) is 24.8 Å². The molecule has 0 unspecified atom stereocenters. The number of nitrogens with zero attached hydrogens (tertiary/aromatic N) is 3. The highest BCUT2D eigenvalue weighted by Crippen LogP contribution is 2.41. The van der Waals surface area contributed by atoms with Gasteiger partial charge in [0, 0.05) is 38.3 Å². The molecule has 1 amide bonds. The van der Waals surface area contributed by atoms with Crippen molar-refractivity contribution in [1.29, 1.82) is 0 Å². The first-order chi connectivity index (χ1) is 12.2. The average molecular weight is 367 g/mol. The van der Waals surface area contributed by atoms with Gasteiger partial charge in [0.15, 0.2) is 0 Å². The van der Waals surface area contributed by atoms with Gasteiger partial charge in [-0.25, -0.2) is 4.98 Å². The Kier molecular flexibility index (Phi) is 4.99. The second kappa shape index (κ2) is 6.93. The molecule has 2 aliphatic heterocycles. The number of rotatable bonds is 3. The third-order valence-corrected chi connectivity index (χ3v) is 5.51. The fourth-order valence-corrected chi connectivity index (χ4v) is 4.02. The second-order valence-corrected chi connectivity index (χ2v) is 7.40. The van der Waals surface area contributed by atoms with Crippen LogP contribution in [-0.2, 0) is 11.0 Å². The van der Waals surface area contributed by atoms with Gasteiger partial charge in [0.05, 0.1) is 5.56 Å². The van der Waals surface area contributed by atoms with E-state index >= 15 is 0 Å². The van der Waals surface area contributed by atoms with Gasteiger partial charge < -0.3 is 9.80 Å². The number of pyridine rings is 1. The maximum atomic E-state index is 13.1. The molecule has 1 spiro atoms. The first-order valence-corrected chi connectivity index (χ1v) is 8.92. The molecule has 1 aromatic rings. The largest absolute Gasteiger partial charge is 0.416 e. The number of likely N-dealkylation sites (tertiary alicyclic amines) is 1. The van der Waals surface area contributed by atoms with Crippen molar-refractivity contribution in [2.24, 2.45) is 5.41 Å². The average Bonchev–Trinajstić information content (AvgIpc) is 2.58. The van der Waals surface area contributed by atoms with Gasteiger partial charge in [-0.05, 0) is 43.7 Å². The Bertz CT molecular complexity index is 694. The number of halogens is 3. The van der Waals surface area contributed by atoms with E-state index in [1.165, 1.54) is 0 Å². The van der Waals surface area contributed by atoms with E-state index < -0.39 is 11.7 Å². The molecule has 7 heteroatoms. The summed E-state index contributed by atoms with van der Waals surface area (Å²) in [6.45, 7) is 7.87. The SMILES string of the molecule is C=CCN1CC2(CCC1=O)CCN(c1cc(C(F)(F)F)cc(C)n1)CC2. The number of anilines is 1. The van der Waals surface area contributed by atoms with Crippen molar-refractivity contribution >= 4 is 11.7 Å². The van der Waals surface area contributed by atoms with Crippen molar-refractivity contribution in [3.05, 3.63) is 36.0 Å². The van der Waals surface area contributed by atoms with Crippen LogP contribution in [0, 0.1) is 12.3 Å². The molecule has 3 heterocycles. The van der Waals surface area contributed by atoms with Gasteiger partial charge in [0.1, 0.15) is 5.82 Å². The van der Waals surface area contributed by atoms with Crippen molar-refractivity contribution in [3.63, 3.8) is 0 Å². The summed E-state index contributed by atoms with van der Waals surface area (Å²) >= 11 is 0. The van der Waals surface area contributed by atoms with Crippen LogP contribution in [-0.4, -0.2) is 42.0 Å². The number of amides is 1.